The maximum atomic E-state index is 12.5. The molecule has 0 spiro atoms. The first-order chi connectivity index (χ1) is 13.3. The van der Waals surface area contributed by atoms with Gasteiger partial charge in [-0.1, -0.05) is 12.1 Å². The Bertz CT molecular complexity index is 810. The number of esters is 1. The average Bonchev–Trinajstić information content (AvgIpc) is 3.16. The Balaban J connectivity index is 0.00000420. The van der Waals surface area contributed by atoms with E-state index in [0.717, 1.165) is 22.3 Å². The maximum Gasteiger partial charge on any atom is 0.434 e. The first kappa shape index (κ1) is 25.1. The van der Waals surface area contributed by atoms with Crippen LogP contribution in [0.25, 0.3) is 0 Å². The summed E-state index contributed by atoms with van der Waals surface area (Å²) in [5.41, 5.74) is 0.679. The van der Waals surface area contributed by atoms with Crippen LogP contribution < -0.4 is 10.6 Å². The molecule has 2 aromatic rings. The Kier molecular flexibility index (Phi) is 10.4. The standard InChI is InChI=1S/C18H21F3N4O2S.HI/c1-22-17(24-10-8-15-25-14(11-28-15)18(19,20)21)23-9-7-12-3-5-13(6-4-12)16(26)27-2;/h3-6,11H,7-10H2,1-2H3,(H2,22,23,24);1H. The van der Waals surface area contributed by atoms with E-state index >= 15 is 0 Å². The number of carbonyl (C=O) groups excluding carboxylic acids is 1. The third-order valence-electron chi connectivity index (χ3n) is 3.78. The van der Waals surface area contributed by atoms with Crippen molar-refractivity contribution in [2.24, 2.45) is 4.99 Å². The maximum absolute atomic E-state index is 12.5. The molecule has 0 saturated heterocycles. The van der Waals surface area contributed by atoms with Gasteiger partial charge < -0.3 is 15.4 Å². The van der Waals surface area contributed by atoms with Crippen LogP contribution in [0.3, 0.4) is 0 Å². The second-order valence-corrected chi connectivity index (χ2v) is 6.68. The molecule has 0 radical (unpaired) electrons. The molecule has 160 valence electrons. The van der Waals surface area contributed by atoms with Crippen molar-refractivity contribution < 1.29 is 22.7 Å². The van der Waals surface area contributed by atoms with Crippen molar-refractivity contribution in [2.45, 2.75) is 19.0 Å². The van der Waals surface area contributed by atoms with E-state index in [1.807, 2.05) is 12.1 Å². The normalized spacial score (nSPS) is 11.6. The molecule has 0 fully saturated rings. The van der Waals surface area contributed by atoms with Gasteiger partial charge in [0.1, 0.15) is 0 Å². The second-order valence-electron chi connectivity index (χ2n) is 5.74. The minimum Gasteiger partial charge on any atom is -0.465 e. The largest absolute Gasteiger partial charge is 0.465 e. The van der Waals surface area contributed by atoms with Crippen molar-refractivity contribution >= 4 is 47.2 Å². The number of alkyl halides is 3. The number of nitrogens with one attached hydrogen (secondary N) is 2. The van der Waals surface area contributed by atoms with E-state index in [2.05, 4.69) is 25.3 Å². The van der Waals surface area contributed by atoms with Gasteiger partial charge in [0.15, 0.2) is 11.7 Å². The second kappa shape index (κ2) is 12.0. The van der Waals surface area contributed by atoms with E-state index in [1.165, 1.54) is 7.11 Å². The summed E-state index contributed by atoms with van der Waals surface area (Å²) in [6.07, 6.45) is -3.32. The first-order valence-corrected chi connectivity index (χ1v) is 9.35. The van der Waals surface area contributed by atoms with Gasteiger partial charge in [0.2, 0.25) is 0 Å². The molecule has 11 heteroatoms. The minimum absolute atomic E-state index is 0. The average molecular weight is 542 g/mol. The predicted octanol–water partition coefficient (Wildman–Crippen LogP) is 3.52. The molecule has 29 heavy (non-hydrogen) atoms. The molecule has 0 unspecified atom stereocenters. The minimum atomic E-state index is -4.41. The quantitative estimate of drug-likeness (QED) is 0.243. The van der Waals surface area contributed by atoms with Gasteiger partial charge in [-0.15, -0.1) is 35.3 Å². The van der Waals surface area contributed by atoms with Gasteiger partial charge in [0, 0.05) is 31.9 Å². The van der Waals surface area contributed by atoms with Crippen LogP contribution >= 0.6 is 35.3 Å². The zero-order valence-electron chi connectivity index (χ0n) is 15.9. The smallest absolute Gasteiger partial charge is 0.434 e. The molecular formula is C18H22F3IN4O2S. The van der Waals surface area contributed by atoms with Crippen molar-refractivity contribution in [3.63, 3.8) is 0 Å². The number of guanidine groups is 1. The number of hydrogen-bond donors (Lipinski definition) is 2. The van der Waals surface area contributed by atoms with Gasteiger partial charge in [-0.3, -0.25) is 4.99 Å². The molecule has 2 N–H and O–H groups in total. The zero-order valence-corrected chi connectivity index (χ0v) is 19.0. The number of carbonyl (C=O) groups is 1. The number of aliphatic imine (C=N–C) groups is 1. The number of ether oxygens (including phenoxy) is 1. The van der Waals surface area contributed by atoms with Crippen LogP contribution in [0.5, 0.6) is 0 Å². The number of nitrogens with zero attached hydrogens (tertiary/aromatic N) is 2. The summed E-state index contributed by atoms with van der Waals surface area (Å²) in [6, 6.07) is 7.12. The molecule has 0 aliphatic heterocycles. The lowest BCUT2D eigenvalue weighted by molar-refractivity contribution is -0.140. The summed E-state index contributed by atoms with van der Waals surface area (Å²) in [7, 11) is 2.95. The summed E-state index contributed by atoms with van der Waals surface area (Å²) in [4.78, 5) is 19.1. The molecule has 1 aromatic heterocycles. The van der Waals surface area contributed by atoms with Gasteiger partial charge in [-0.05, 0) is 24.1 Å². The number of methoxy groups -OCH3 is 1. The van der Waals surface area contributed by atoms with Crippen molar-refractivity contribution in [2.75, 3.05) is 27.2 Å². The van der Waals surface area contributed by atoms with Crippen LogP contribution in [-0.4, -0.2) is 44.2 Å². The van der Waals surface area contributed by atoms with Crippen molar-refractivity contribution in [3.05, 3.63) is 51.5 Å². The van der Waals surface area contributed by atoms with E-state index in [4.69, 9.17) is 0 Å². The van der Waals surface area contributed by atoms with E-state index in [0.29, 0.717) is 42.5 Å². The molecule has 6 nitrogen and oxygen atoms in total. The molecule has 0 atom stereocenters. The highest BCUT2D eigenvalue weighted by Crippen LogP contribution is 2.29. The number of benzene rings is 1. The van der Waals surface area contributed by atoms with E-state index < -0.39 is 11.9 Å². The lowest BCUT2D eigenvalue weighted by Gasteiger charge is -2.11. The van der Waals surface area contributed by atoms with E-state index in [-0.39, 0.29) is 29.9 Å². The first-order valence-electron chi connectivity index (χ1n) is 8.47. The lowest BCUT2D eigenvalue weighted by atomic mass is 10.1. The van der Waals surface area contributed by atoms with Crippen LogP contribution in [0.2, 0.25) is 0 Å². The Labute approximate surface area is 188 Å². The fourth-order valence-corrected chi connectivity index (χ4v) is 3.12. The van der Waals surface area contributed by atoms with Crippen LogP contribution in [0.15, 0.2) is 34.6 Å². The van der Waals surface area contributed by atoms with Crippen LogP contribution in [0.4, 0.5) is 13.2 Å². The third kappa shape index (κ3) is 8.17. The number of rotatable bonds is 7. The molecule has 1 heterocycles. The SMILES string of the molecule is CN=C(NCCc1ccc(C(=O)OC)cc1)NCCc1nc(C(F)(F)F)cs1.I. The third-order valence-corrected chi connectivity index (χ3v) is 4.69. The van der Waals surface area contributed by atoms with Crippen LogP contribution in [-0.2, 0) is 23.8 Å². The summed E-state index contributed by atoms with van der Waals surface area (Å²) >= 11 is 0.991. The van der Waals surface area contributed by atoms with Gasteiger partial charge >= 0.3 is 12.1 Å². The predicted molar refractivity (Wildman–Crippen MR) is 117 cm³/mol. The molecular weight excluding hydrogens is 520 g/mol. The fraction of sp³-hybridized carbons (Fsp3) is 0.389. The fourth-order valence-electron chi connectivity index (χ4n) is 2.31. The van der Waals surface area contributed by atoms with E-state index in [9.17, 15) is 18.0 Å². The molecule has 0 amide bonds. The Morgan fingerprint density at radius 3 is 2.31 bits per heavy atom. The van der Waals surface area contributed by atoms with Gasteiger partial charge in [-0.2, -0.15) is 13.2 Å². The topological polar surface area (TPSA) is 75.6 Å². The molecule has 2 rings (SSSR count). The van der Waals surface area contributed by atoms with E-state index in [1.54, 1.807) is 19.2 Å². The van der Waals surface area contributed by atoms with Crippen molar-refractivity contribution in [3.8, 4) is 0 Å². The highest BCUT2D eigenvalue weighted by Gasteiger charge is 2.33. The highest BCUT2D eigenvalue weighted by molar-refractivity contribution is 14.0. The van der Waals surface area contributed by atoms with Gasteiger partial charge in [0.25, 0.3) is 0 Å². The lowest BCUT2D eigenvalue weighted by Crippen LogP contribution is -2.39. The summed E-state index contributed by atoms with van der Waals surface area (Å²) in [5.74, 6) is 0.177. The number of thiazole rings is 1. The Morgan fingerprint density at radius 1 is 1.17 bits per heavy atom. The van der Waals surface area contributed by atoms with Crippen molar-refractivity contribution in [1.82, 2.24) is 15.6 Å². The zero-order chi connectivity index (χ0) is 20.6. The molecule has 0 bridgehead atoms. The van der Waals surface area contributed by atoms with Crippen molar-refractivity contribution in [1.29, 1.82) is 0 Å². The summed E-state index contributed by atoms with van der Waals surface area (Å²) in [6.45, 7) is 1.02. The summed E-state index contributed by atoms with van der Waals surface area (Å²) < 4.78 is 42.3. The molecule has 0 aliphatic carbocycles. The van der Waals surface area contributed by atoms with Crippen LogP contribution in [0.1, 0.15) is 26.6 Å². The highest BCUT2D eigenvalue weighted by atomic mass is 127. The number of hydrogen-bond acceptors (Lipinski definition) is 5. The molecule has 0 saturated carbocycles. The van der Waals surface area contributed by atoms with Gasteiger partial charge in [-0.25, -0.2) is 9.78 Å². The Morgan fingerprint density at radius 2 is 1.79 bits per heavy atom. The van der Waals surface area contributed by atoms with Crippen LogP contribution in [0, 0.1) is 0 Å². The molecule has 1 aromatic carbocycles. The summed E-state index contributed by atoms with van der Waals surface area (Å²) in [5, 5.41) is 7.62. The van der Waals surface area contributed by atoms with Gasteiger partial charge in [0.05, 0.1) is 17.7 Å². The number of halogens is 4. The molecule has 0 aliphatic rings. The Hall–Kier alpha value is -1.89. The number of aromatic nitrogens is 1. The monoisotopic (exact) mass is 542 g/mol.